The number of rotatable bonds is 4. The maximum absolute atomic E-state index is 5.76. The van der Waals surface area contributed by atoms with Gasteiger partial charge in [-0.05, 0) is 25.6 Å². The van der Waals surface area contributed by atoms with Crippen LogP contribution in [0.5, 0.6) is 0 Å². The average Bonchev–Trinajstić information content (AvgIpc) is 2.69. The summed E-state index contributed by atoms with van der Waals surface area (Å²) in [4.78, 5) is 0. The Morgan fingerprint density at radius 3 is 2.93 bits per heavy atom. The number of para-hydroxylation sites is 1. The van der Waals surface area contributed by atoms with E-state index in [1.54, 1.807) is 0 Å². The van der Waals surface area contributed by atoms with E-state index in [1.165, 1.54) is 0 Å². The third-order valence-corrected chi connectivity index (χ3v) is 2.54. The van der Waals surface area contributed by atoms with Crippen molar-refractivity contribution >= 4 is 11.0 Å². The lowest BCUT2D eigenvalue weighted by Gasteiger charge is -2.09. The molecule has 78 valence electrons. The molecule has 2 heteroatoms. The van der Waals surface area contributed by atoms with Crippen LogP contribution in [0, 0.1) is 0 Å². The lowest BCUT2D eigenvalue weighted by Crippen LogP contribution is -2.14. The Bertz CT molecular complexity index is 425. The molecule has 0 saturated carbocycles. The van der Waals surface area contributed by atoms with Crippen LogP contribution in [0.25, 0.3) is 11.0 Å². The van der Waals surface area contributed by atoms with E-state index < -0.39 is 0 Å². The molecule has 1 aromatic carbocycles. The molecular formula is C13H15NO. The fraction of sp³-hybridized carbons (Fsp3) is 0.231. The van der Waals surface area contributed by atoms with Crippen molar-refractivity contribution in [2.75, 3.05) is 7.05 Å². The summed E-state index contributed by atoms with van der Waals surface area (Å²) < 4.78 is 5.76. The molecule has 2 rings (SSSR count). The molecule has 0 bridgehead atoms. The van der Waals surface area contributed by atoms with Crippen molar-refractivity contribution in [2.24, 2.45) is 0 Å². The van der Waals surface area contributed by atoms with Gasteiger partial charge in [-0.3, -0.25) is 0 Å². The first-order chi connectivity index (χ1) is 7.35. The van der Waals surface area contributed by atoms with E-state index in [0.717, 1.165) is 23.2 Å². The standard InChI is InChI=1S/C13H15NO/c1-3-6-11(14-2)13-9-10-7-4-5-8-12(10)15-13/h3-5,7-9,11,14H,1,6H2,2H3. The first kappa shape index (κ1) is 9.99. The van der Waals surface area contributed by atoms with E-state index in [1.807, 2.05) is 31.3 Å². The summed E-state index contributed by atoms with van der Waals surface area (Å²) in [5.41, 5.74) is 0.941. The van der Waals surface area contributed by atoms with Gasteiger partial charge < -0.3 is 9.73 Å². The second kappa shape index (κ2) is 4.32. The second-order valence-corrected chi connectivity index (χ2v) is 3.55. The Labute approximate surface area is 89.6 Å². The van der Waals surface area contributed by atoms with E-state index in [0.29, 0.717) is 0 Å². The SMILES string of the molecule is C=CCC(NC)c1cc2ccccc2o1. The minimum Gasteiger partial charge on any atom is -0.459 e. The lowest BCUT2D eigenvalue weighted by atomic mass is 10.1. The molecule has 0 aliphatic rings. The zero-order valence-electron chi connectivity index (χ0n) is 8.86. The van der Waals surface area contributed by atoms with Crippen LogP contribution in [0.3, 0.4) is 0 Å². The Balaban J connectivity index is 2.38. The monoisotopic (exact) mass is 201 g/mol. The fourth-order valence-corrected chi connectivity index (χ4v) is 1.72. The van der Waals surface area contributed by atoms with Gasteiger partial charge in [-0.15, -0.1) is 6.58 Å². The van der Waals surface area contributed by atoms with Crippen LogP contribution in [0.4, 0.5) is 0 Å². The summed E-state index contributed by atoms with van der Waals surface area (Å²) in [6, 6.07) is 10.3. The third-order valence-electron chi connectivity index (χ3n) is 2.54. The van der Waals surface area contributed by atoms with Crippen LogP contribution in [-0.4, -0.2) is 7.05 Å². The minimum absolute atomic E-state index is 0.217. The molecule has 2 aromatic rings. The molecule has 1 N–H and O–H groups in total. The van der Waals surface area contributed by atoms with Crippen LogP contribution in [-0.2, 0) is 0 Å². The molecule has 0 fully saturated rings. The highest BCUT2D eigenvalue weighted by molar-refractivity contribution is 5.77. The van der Waals surface area contributed by atoms with E-state index in [2.05, 4.69) is 24.0 Å². The van der Waals surface area contributed by atoms with Gasteiger partial charge in [0.05, 0.1) is 6.04 Å². The normalized spacial score (nSPS) is 12.9. The zero-order chi connectivity index (χ0) is 10.7. The number of benzene rings is 1. The molecule has 0 aliphatic carbocycles. The summed E-state index contributed by atoms with van der Waals surface area (Å²) in [5, 5.41) is 4.37. The predicted molar refractivity (Wildman–Crippen MR) is 62.8 cm³/mol. The van der Waals surface area contributed by atoms with Gasteiger partial charge in [-0.25, -0.2) is 0 Å². The molecule has 0 saturated heterocycles. The molecule has 1 heterocycles. The fourth-order valence-electron chi connectivity index (χ4n) is 1.72. The molecular weight excluding hydrogens is 186 g/mol. The highest BCUT2D eigenvalue weighted by atomic mass is 16.3. The van der Waals surface area contributed by atoms with Gasteiger partial charge in [0.15, 0.2) is 0 Å². The number of fused-ring (bicyclic) bond motifs is 1. The van der Waals surface area contributed by atoms with Crippen LogP contribution in [0.15, 0.2) is 47.4 Å². The summed E-state index contributed by atoms with van der Waals surface area (Å²) >= 11 is 0. The molecule has 0 radical (unpaired) electrons. The van der Waals surface area contributed by atoms with Crippen molar-refractivity contribution in [3.63, 3.8) is 0 Å². The Hall–Kier alpha value is -1.54. The van der Waals surface area contributed by atoms with E-state index >= 15 is 0 Å². The van der Waals surface area contributed by atoms with Crippen molar-refractivity contribution in [1.82, 2.24) is 5.32 Å². The van der Waals surface area contributed by atoms with Crippen LogP contribution in [0.2, 0.25) is 0 Å². The molecule has 1 atom stereocenters. The number of furan rings is 1. The van der Waals surface area contributed by atoms with Crippen LogP contribution < -0.4 is 5.32 Å². The first-order valence-electron chi connectivity index (χ1n) is 5.12. The van der Waals surface area contributed by atoms with Gasteiger partial charge in [0.2, 0.25) is 0 Å². The first-order valence-corrected chi connectivity index (χ1v) is 5.12. The summed E-state index contributed by atoms with van der Waals surface area (Å²) in [6.45, 7) is 3.75. The largest absolute Gasteiger partial charge is 0.459 e. The van der Waals surface area contributed by atoms with Gasteiger partial charge in [0, 0.05) is 5.39 Å². The number of nitrogens with one attached hydrogen (secondary N) is 1. The predicted octanol–water partition coefficient (Wildman–Crippen LogP) is 3.27. The molecule has 0 amide bonds. The van der Waals surface area contributed by atoms with Crippen LogP contribution >= 0.6 is 0 Å². The van der Waals surface area contributed by atoms with E-state index in [-0.39, 0.29) is 6.04 Å². The molecule has 0 aliphatic heterocycles. The summed E-state index contributed by atoms with van der Waals surface area (Å²) in [5.74, 6) is 0.971. The molecule has 1 unspecified atom stereocenters. The maximum Gasteiger partial charge on any atom is 0.134 e. The van der Waals surface area contributed by atoms with Crippen LogP contribution in [0.1, 0.15) is 18.2 Å². The maximum atomic E-state index is 5.76. The van der Waals surface area contributed by atoms with Crippen molar-refractivity contribution < 1.29 is 4.42 Å². The second-order valence-electron chi connectivity index (χ2n) is 3.55. The van der Waals surface area contributed by atoms with E-state index in [9.17, 15) is 0 Å². The Kier molecular flexibility index (Phi) is 2.88. The average molecular weight is 201 g/mol. The summed E-state index contributed by atoms with van der Waals surface area (Å²) in [7, 11) is 1.93. The van der Waals surface area contributed by atoms with Crippen molar-refractivity contribution in [1.29, 1.82) is 0 Å². The number of hydrogen-bond donors (Lipinski definition) is 1. The lowest BCUT2D eigenvalue weighted by molar-refractivity contribution is 0.455. The smallest absolute Gasteiger partial charge is 0.134 e. The highest BCUT2D eigenvalue weighted by Gasteiger charge is 2.12. The van der Waals surface area contributed by atoms with E-state index in [4.69, 9.17) is 4.42 Å². The van der Waals surface area contributed by atoms with Gasteiger partial charge in [-0.2, -0.15) is 0 Å². The minimum atomic E-state index is 0.217. The highest BCUT2D eigenvalue weighted by Crippen LogP contribution is 2.25. The Morgan fingerprint density at radius 1 is 1.47 bits per heavy atom. The quantitative estimate of drug-likeness (QED) is 0.768. The van der Waals surface area contributed by atoms with Gasteiger partial charge in [0.1, 0.15) is 11.3 Å². The topological polar surface area (TPSA) is 25.2 Å². The van der Waals surface area contributed by atoms with Crippen molar-refractivity contribution in [2.45, 2.75) is 12.5 Å². The van der Waals surface area contributed by atoms with Gasteiger partial charge in [-0.1, -0.05) is 24.3 Å². The Morgan fingerprint density at radius 2 is 2.27 bits per heavy atom. The molecule has 2 nitrogen and oxygen atoms in total. The molecule has 1 aromatic heterocycles. The third kappa shape index (κ3) is 1.95. The summed E-state index contributed by atoms with van der Waals surface area (Å²) in [6.07, 6.45) is 2.77. The van der Waals surface area contributed by atoms with Gasteiger partial charge in [0.25, 0.3) is 0 Å². The van der Waals surface area contributed by atoms with Gasteiger partial charge >= 0.3 is 0 Å². The molecule has 15 heavy (non-hydrogen) atoms. The zero-order valence-corrected chi connectivity index (χ0v) is 8.86. The molecule has 0 spiro atoms. The van der Waals surface area contributed by atoms with Crippen molar-refractivity contribution in [3.8, 4) is 0 Å². The number of hydrogen-bond acceptors (Lipinski definition) is 2. The van der Waals surface area contributed by atoms with Crippen molar-refractivity contribution in [3.05, 3.63) is 48.7 Å².